The number of rotatable bonds is 1. The van der Waals surface area contributed by atoms with E-state index in [9.17, 15) is 5.11 Å². The number of aryl methyl sites for hydroxylation is 1. The fraction of sp³-hybridized carbons (Fsp3) is 0.500. The van der Waals surface area contributed by atoms with Gasteiger partial charge in [0.25, 0.3) is 0 Å². The Labute approximate surface area is 109 Å². The van der Waals surface area contributed by atoms with Gasteiger partial charge in [-0.05, 0) is 26.3 Å². The van der Waals surface area contributed by atoms with Crippen LogP contribution in [0.4, 0.5) is 11.8 Å². The quantitative estimate of drug-likeness (QED) is 0.817. The second kappa shape index (κ2) is 3.80. The minimum absolute atomic E-state index is 0.297. The molecule has 18 heavy (non-hydrogen) atoms. The van der Waals surface area contributed by atoms with Gasteiger partial charge < -0.3 is 15.7 Å². The highest BCUT2D eigenvalue weighted by atomic mass is 32.1. The van der Waals surface area contributed by atoms with Crippen molar-refractivity contribution in [3.8, 4) is 0 Å². The number of thiophene rings is 1. The van der Waals surface area contributed by atoms with Gasteiger partial charge in [-0.3, -0.25) is 0 Å². The number of nitrogens with zero attached hydrogens (tertiary/aromatic N) is 3. The van der Waals surface area contributed by atoms with E-state index in [-0.39, 0.29) is 0 Å². The van der Waals surface area contributed by atoms with Crippen LogP contribution < -0.4 is 10.6 Å². The minimum Gasteiger partial charge on any atom is -0.388 e. The summed E-state index contributed by atoms with van der Waals surface area (Å²) in [5.74, 6) is 1.14. The van der Waals surface area contributed by atoms with Crippen molar-refractivity contribution in [3.05, 3.63) is 10.9 Å². The molecular weight excluding hydrogens is 248 g/mol. The summed E-state index contributed by atoms with van der Waals surface area (Å²) >= 11 is 1.62. The molecule has 0 saturated carbocycles. The van der Waals surface area contributed by atoms with E-state index in [1.165, 1.54) is 4.88 Å². The Bertz CT molecular complexity index is 607. The highest BCUT2D eigenvalue weighted by molar-refractivity contribution is 7.18. The minimum atomic E-state index is -0.642. The van der Waals surface area contributed by atoms with Crippen molar-refractivity contribution < 1.29 is 5.11 Å². The van der Waals surface area contributed by atoms with E-state index in [2.05, 4.69) is 20.9 Å². The molecular formula is C12H16N4OS. The maximum absolute atomic E-state index is 10.1. The van der Waals surface area contributed by atoms with Crippen LogP contribution in [0.25, 0.3) is 10.2 Å². The normalized spacial score (nSPS) is 24.1. The zero-order valence-corrected chi connectivity index (χ0v) is 11.3. The Morgan fingerprint density at radius 3 is 2.94 bits per heavy atom. The number of anilines is 2. The molecule has 0 aromatic carbocycles. The molecule has 5 nitrogen and oxygen atoms in total. The number of hydrogen-bond acceptors (Lipinski definition) is 6. The Balaban J connectivity index is 2.11. The molecule has 1 atom stereocenters. The summed E-state index contributed by atoms with van der Waals surface area (Å²) in [7, 11) is 0. The molecule has 3 heterocycles. The first kappa shape index (κ1) is 11.7. The first-order valence-electron chi connectivity index (χ1n) is 5.96. The van der Waals surface area contributed by atoms with Gasteiger partial charge in [0.15, 0.2) is 0 Å². The van der Waals surface area contributed by atoms with Gasteiger partial charge in [-0.1, -0.05) is 0 Å². The molecule has 0 radical (unpaired) electrons. The SMILES string of the molecule is Cc1cc2c(N3CCC(C)(O)C3)nc(N)nc2s1. The lowest BCUT2D eigenvalue weighted by molar-refractivity contribution is 0.0839. The molecule has 1 unspecified atom stereocenters. The molecule has 96 valence electrons. The third-order valence-electron chi connectivity index (χ3n) is 3.26. The topological polar surface area (TPSA) is 75.3 Å². The summed E-state index contributed by atoms with van der Waals surface area (Å²) in [6.07, 6.45) is 0.752. The number of fused-ring (bicyclic) bond motifs is 1. The van der Waals surface area contributed by atoms with E-state index in [4.69, 9.17) is 5.73 Å². The molecule has 6 heteroatoms. The van der Waals surface area contributed by atoms with Gasteiger partial charge >= 0.3 is 0 Å². The summed E-state index contributed by atoms with van der Waals surface area (Å²) in [6.45, 7) is 5.29. The number of nitrogen functional groups attached to an aromatic ring is 1. The van der Waals surface area contributed by atoms with E-state index in [1.54, 1.807) is 11.3 Å². The van der Waals surface area contributed by atoms with Crippen LogP contribution in [-0.4, -0.2) is 33.8 Å². The van der Waals surface area contributed by atoms with Gasteiger partial charge in [-0.15, -0.1) is 11.3 Å². The Morgan fingerprint density at radius 2 is 2.28 bits per heavy atom. The van der Waals surface area contributed by atoms with E-state index in [0.29, 0.717) is 12.5 Å². The van der Waals surface area contributed by atoms with Crippen LogP contribution in [0.5, 0.6) is 0 Å². The Morgan fingerprint density at radius 1 is 1.50 bits per heavy atom. The molecule has 0 bridgehead atoms. The number of aliphatic hydroxyl groups is 1. The van der Waals surface area contributed by atoms with Crippen LogP contribution in [0.3, 0.4) is 0 Å². The summed E-state index contributed by atoms with van der Waals surface area (Å²) in [5.41, 5.74) is 5.12. The van der Waals surface area contributed by atoms with Crippen molar-refractivity contribution in [2.24, 2.45) is 0 Å². The lowest BCUT2D eigenvalue weighted by Crippen LogP contribution is -2.30. The molecule has 1 saturated heterocycles. The van der Waals surface area contributed by atoms with Gasteiger partial charge in [-0.2, -0.15) is 4.98 Å². The predicted octanol–water partition coefficient (Wildman–Crippen LogP) is 1.54. The number of aromatic nitrogens is 2. The van der Waals surface area contributed by atoms with Gasteiger partial charge in [0.05, 0.1) is 11.0 Å². The van der Waals surface area contributed by atoms with Crippen molar-refractivity contribution >= 4 is 33.3 Å². The zero-order valence-electron chi connectivity index (χ0n) is 10.5. The highest BCUT2D eigenvalue weighted by Gasteiger charge is 2.33. The molecule has 0 aliphatic carbocycles. The van der Waals surface area contributed by atoms with Crippen LogP contribution in [0.2, 0.25) is 0 Å². The second-order valence-corrected chi connectivity index (χ2v) is 6.38. The zero-order chi connectivity index (χ0) is 12.9. The third kappa shape index (κ3) is 1.91. The first-order chi connectivity index (χ1) is 8.44. The standard InChI is InChI=1S/C12H16N4OS/c1-7-5-8-9(14-11(13)15-10(8)18-7)16-4-3-12(2,17)6-16/h5,17H,3-4,6H2,1-2H3,(H2,13,14,15). The summed E-state index contributed by atoms with van der Waals surface area (Å²) < 4.78 is 0. The van der Waals surface area contributed by atoms with Crippen LogP contribution in [0.1, 0.15) is 18.2 Å². The number of nitrogens with two attached hydrogens (primary N) is 1. The van der Waals surface area contributed by atoms with Crippen LogP contribution in [0, 0.1) is 6.92 Å². The average Bonchev–Trinajstić information content (AvgIpc) is 2.79. The number of hydrogen-bond donors (Lipinski definition) is 2. The van der Waals surface area contributed by atoms with E-state index >= 15 is 0 Å². The van der Waals surface area contributed by atoms with Gasteiger partial charge in [0, 0.05) is 18.0 Å². The van der Waals surface area contributed by atoms with E-state index in [0.717, 1.165) is 29.0 Å². The van der Waals surface area contributed by atoms with Crippen molar-refractivity contribution in [2.45, 2.75) is 25.9 Å². The van der Waals surface area contributed by atoms with Crippen molar-refractivity contribution in [3.63, 3.8) is 0 Å². The first-order valence-corrected chi connectivity index (χ1v) is 6.77. The summed E-state index contributed by atoms with van der Waals surface area (Å²) in [6, 6.07) is 2.09. The van der Waals surface area contributed by atoms with Crippen molar-refractivity contribution in [2.75, 3.05) is 23.7 Å². The molecule has 0 amide bonds. The number of β-amino-alcohol motifs (C(OH)–C–C–N with tert-alkyl or cyclic N) is 1. The van der Waals surface area contributed by atoms with Crippen molar-refractivity contribution in [1.29, 1.82) is 0 Å². The molecule has 3 N–H and O–H groups in total. The lowest BCUT2D eigenvalue weighted by Gasteiger charge is -2.20. The van der Waals surface area contributed by atoms with Crippen LogP contribution in [-0.2, 0) is 0 Å². The fourth-order valence-corrected chi connectivity index (χ4v) is 3.29. The van der Waals surface area contributed by atoms with Crippen LogP contribution >= 0.6 is 11.3 Å². The molecule has 1 aliphatic heterocycles. The highest BCUT2D eigenvalue weighted by Crippen LogP contribution is 2.34. The monoisotopic (exact) mass is 264 g/mol. The van der Waals surface area contributed by atoms with Crippen molar-refractivity contribution in [1.82, 2.24) is 9.97 Å². The smallest absolute Gasteiger partial charge is 0.223 e. The summed E-state index contributed by atoms with van der Waals surface area (Å²) in [4.78, 5) is 12.8. The molecule has 3 rings (SSSR count). The Kier molecular flexibility index (Phi) is 2.46. The Hall–Kier alpha value is -1.40. The maximum Gasteiger partial charge on any atom is 0.223 e. The van der Waals surface area contributed by atoms with Gasteiger partial charge in [-0.25, -0.2) is 4.98 Å². The molecule has 1 fully saturated rings. The van der Waals surface area contributed by atoms with E-state index < -0.39 is 5.60 Å². The third-order valence-corrected chi connectivity index (χ3v) is 4.21. The maximum atomic E-state index is 10.1. The average molecular weight is 264 g/mol. The van der Waals surface area contributed by atoms with Crippen LogP contribution in [0.15, 0.2) is 6.07 Å². The molecule has 0 spiro atoms. The molecule has 2 aromatic rings. The van der Waals surface area contributed by atoms with Gasteiger partial charge in [0.1, 0.15) is 10.6 Å². The molecule has 1 aliphatic rings. The van der Waals surface area contributed by atoms with E-state index in [1.807, 2.05) is 13.8 Å². The largest absolute Gasteiger partial charge is 0.388 e. The molecule has 2 aromatic heterocycles. The predicted molar refractivity (Wildman–Crippen MR) is 74.0 cm³/mol. The summed E-state index contributed by atoms with van der Waals surface area (Å²) in [5, 5.41) is 11.1. The fourth-order valence-electron chi connectivity index (χ4n) is 2.41. The second-order valence-electron chi connectivity index (χ2n) is 5.15. The lowest BCUT2D eigenvalue weighted by atomic mass is 10.1. The van der Waals surface area contributed by atoms with Gasteiger partial charge in [0.2, 0.25) is 5.95 Å².